The van der Waals surface area contributed by atoms with Crippen molar-refractivity contribution in [3.8, 4) is 0 Å². The Hall–Kier alpha value is -3.17. The van der Waals surface area contributed by atoms with Gasteiger partial charge < -0.3 is 5.32 Å². The number of aryl methyl sites for hydroxylation is 1. The Kier molecular flexibility index (Phi) is 4.26. The molecule has 3 aromatic rings. The molecular formula is C15H12F3N5O2. The fourth-order valence-corrected chi connectivity index (χ4v) is 2.35. The molecule has 0 fully saturated rings. The lowest BCUT2D eigenvalue weighted by molar-refractivity contribution is -0.117. The van der Waals surface area contributed by atoms with Gasteiger partial charge in [-0.25, -0.2) is 22.8 Å². The van der Waals surface area contributed by atoms with Crippen LogP contribution in [-0.4, -0.2) is 25.1 Å². The van der Waals surface area contributed by atoms with Crippen molar-refractivity contribution in [1.29, 1.82) is 0 Å². The maximum absolute atomic E-state index is 13.2. The fraction of sp³-hybridized carbons (Fsp3) is 0.200. The predicted molar refractivity (Wildman–Crippen MR) is 81.6 cm³/mol. The number of carbonyl (C=O) groups is 1. The molecule has 1 aromatic carbocycles. The van der Waals surface area contributed by atoms with Crippen LogP contribution in [0.25, 0.3) is 5.52 Å². The average Bonchev–Trinajstić information content (AvgIpc) is 2.99. The molecule has 10 heteroatoms. The van der Waals surface area contributed by atoms with E-state index in [-0.39, 0.29) is 5.69 Å². The first-order valence-electron chi connectivity index (χ1n) is 7.26. The second-order valence-electron chi connectivity index (χ2n) is 5.20. The molecule has 0 aliphatic heterocycles. The molecule has 1 amide bonds. The number of carbonyl (C=O) groups excluding carboxylic acids is 1. The van der Waals surface area contributed by atoms with Gasteiger partial charge in [-0.3, -0.25) is 14.0 Å². The van der Waals surface area contributed by atoms with Crippen LogP contribution in [-0.2, 0) is 17.8 Å². The molecule has 0 radical (unpaired) electrons. The Morgan fingerprint density at radius 3 is 2.52 bits per heavy atom. The summed E-state index contributed by atoms with van der Waals surface area (Å²) >= 11 is 0. The van der Waals surface area contributed by atoms with Crippen molar-refractivity contribution in [2.45, 2.75) is 19.9 Å². The molecule has 3 rings (SSSR count). The number of aromatic nitrogens is 4. The van der Waals surface area contributed by atoms with Gasteiger partial charge in [0.15, 0.2) is 17.5 Å². The Labute approximate surface area is 138 Å². The number of hydrogen-bond acceptors (Lipinski definition) is 4. The third-order valence-corrected chi connectivity index (χ3v) is 3.52. The Morgan fingerprint density at radius 1 is 1.20 bits per heavy atom. The fourth-order valence-electron chi connectivity index (χ4n) is 2.35. The molecule has 0 aliphatic carbocycles. The topological polar surface area (TPSA) is 81.3 Å². The van der Waals surface area contributed by atoms with Crippen LogP contribution < -0.4 is 10.9 Å². The molecule has 2 aromatic heterocycles. The molecule has 7 nitrogen and oxygen atoms in total. The zero-order valence-electron chi connectivity index (χ0n) is 13.0. The number of anilines is 1. The van der Waals surface area contributed by atoms with Crippen molar-refractivity contribution in [2.24, 2.45) is 0 Å². The highest BCUT2D eigenvalue weighted by Crippen LogP contribution is 2.17. The number of hydrogen-bond donors (Lipinski definition) is 1. The van der Waals surface area contributed by atoms with Crippen molar-refractivity contribution in [3.63, 3.8) is 0 Å². The minimum absolute atomic E-state index is 0.269. The van der Waals surface area contributed by atoms with Crippen LogP contribution in [0.2, 0.25) is 0 Å². The van der Waals surface area contributed by atoms with Crippen LogP contribution in [0.5, 0.6) is 0 Å². The molecule has 0 saturated carbocycles. The van der Waals surface area contributed by atoms with Gasteiger partial charge in [0.05, 0.1) is 5.69 Å². The third kappa shape index (κ3) is 3.10. The normalized spacial score (nSPS) is 11.0. The number of rotatable bonds is 4. The Balaban J connectivity index is 1.85. The second-order valence-corrected chi connectivity index (χ2v) is 5.20. The zero-order chi connectivity index (χ0) is 18.1. The monoisotopic (exact) mass is 351 g/mol. The van der Waals surface area contributed by atoms with Gasteiger partial charge in [0.2, 0.25) is 5.91 Å². The van der Waals surface area contributed by atoms with Gasteiger partial charge in [-0.15, -0.1) is 0 Å². The van der Waals surface area contributed by atoms with Crippen LogP contribution in [0.4, 0.5) is 18.9 Å². The summed E-state index contributed by atoms with van der Waals surface area (Å²) in [6.07, 6.45) is 3.29. The van der Waals surface area contributed by atoms with Crippen LogP contribution in [0, 0.1) is 17.5 Å². The van der Waals surface area contributed by atoms with Gasteiger partial charge in [0.1, 0.15) is 24.7 Å². The van der Waals surface area contributed by atoms with Gasteiger partial charge in [-0.1, -0.05) is 6.92 Å². The summed E-state index contributed by atoms with van der Waals surface area (Å²) in [6, 6.07) is 1.28. The number of nitrogens with zero attached hydrogens (tertiary/aromatic N) is 4. The number of amides is 1. The lowest BCUT2D eigenvalue weighted by atomic mass is 10.3. The summed E-state index contributed by atoms with van der Waals surface area (Å²) in [6.45, 7) is 1.35. The second kappa shape index (κ2) is 6.38. The number of nitrogens with one attached hydrogen (secondary N) is 1. The van der Waals surface area contributed by atoms with Crippen molar-refractivity contribution >= 4 is 17.1 Å². The summed E-state index contributed by atoms with van der Waals surface area (Å²) in [5, 5.41) is 6.03. The van der Waals surface area contributed by atoms with E-state index in [0.29, 0.717) is 29.8 Å². The molecule has 0 bridgehead atoms. The lowest BCUT2D eigenvalue weighted by Crippen LogP contribution is -2.30. The van der Waals surface area contributed by atoms with E-state index in [9.17, 15) is 22.8 Å². The van der Waals surface area contributed by atoms with Crippen molar-refractivity contribution in [1.82, 2.24) is 19.2 Å². The highest BCUT2D eigenvalue weighted by atomic mass is 19.2. The summed E-state index contributed by atoms with van der Waals surface area (Å²) in [7, 11) is 0. The lowest BCUT2D eigenvalue weighted by Gasteiger charge is -2.08. The molecular weight excluding hydrogens is 339 g/mol. The van der Waals surface area contributed by atoms with Gasteiger partial charge >= 0.3 is 0 Å². The molecule has 130 valence electrons. The SMILES string of the molecule is CCc1ncn2cnn(CC(=O)Nc3cc(F)c(F)c(F)c3)c(=O)c12. The van der Waals surface area contributed by atoms with E-state index in [1.54, 1.807) is 0 Å². The smallest absolute Gasteiger partial charge is 0.293 e. The van der Waals surface area contributed by atoms with Crippen molar-refractivity contribution < 1.29 is 18.0 Å². The molecule has 25 heavy (non-hydrogen) atoms. The largest absolute Gasteiger partial charge is 0.324 e. The third-order valence-electron chi connectivity index (χ3n) is 3.52. The maximum Gasteiger partial charge on any atom is 0.293 e. The standard InChI is InChI=1S/C15H12F3N5O2/c1-2-11-14-15(25)23(20-7-22(14)6-19-11)5-12(24)21-8-3-9(16)13(18)10(17)4-8/h3-4,6-7H,2,5H2,1H3,(H,21,24). The van der Waals surface area contributed by atoms with Crippen LogP contribution >= 0.6 is 0 Å². The molecule has 0 unspecified atom stereocenters. The molecule has 0 saturated heterocycles. The van der Waals surface area contributed by atoms with E-state index >= 15 is 0 Å². The zero-order valence-corrected chi connectivity index (χ0v) is 13.0. The quantitative estimate of drug-likeness (QED) is 0.723. The molecule has 0 aliphatic rings. The van der Waals surface area contributed by atoms with Gasteiger partial charge in [-0.2, -0.15) is 5.10 Å². The maximum atomic E-state index is 13.2. The van der Waals surface area contributed by atoms with E-state index in [0.717, 1.165) is 4.68 Å². The number of benzene rings is 1. The Bertz CT molecular complexity index is 1000. The first-order valence-corrected chi connectivity index (χ1v) is 7.26. The summed E-state index contributed by atoms with van der Waals surface area (Å²) < 4.78 is 41.6. The van der Waals surface area contributed by atoms with Gasteiger partial charge in [0.25, 0.3) is 5.56 Å². The predicted octanol–water partition coefficient (Wildman–Crippen LogP) is 1.51. The van der Waals surface area contributed by atoms with Gasteiger partial charge in [0, 0.05) is 17.8 Å². The molecule has 0 spiro atoms. The molecule has 0 atom stereocenters. The highest BCUT2D eigenvalue weighted by molar-refractivity contribution is 5.90. The minimum atomic E-state index is -1.63. The van der Waals surface area contributed by atoms with E-state index in [1.165, 1.54) is 17.1 Å². The number of fused-ring (bicyclic) bond motifs is 1. The van der Waals surface area contributed by atoms with E-state index in [2.05, 4.69) is 15.4 Å². The number of halogens is 3. The highest BCUT2D eigenvalue weighted by Gasteiger charge is 2.15. The van der Waals surface area contributed by atoms with Crippen LogP contribution in [0.1, 0.15) is 12.6 Å². The summed E-state index contributed by atoms with van der Waals surface area (Å²) in [5.74, 6) is -5.24. The molecule has 1 N–H and O–H groups in total. The van der Waals surface area contributed by atoms with Crippen molar-refractivity contribution in [3.05, 3.63) is 58.3 Å². The summed E-state index contributed by atoms with van der Waals surface area (Å²) in [5.41, 5.74) is 0.0611. The van der Waals surface area contributed by atoms with E-state index in [4.69, 9.17) is 0 Å². The van der Waals surface area contributed by atoms with E-state index < -0.39 is 35.5 Å². The minimum Gasteiger partial charge on any atom is -0.324 e. The number of imidazole rings is 1. The summed E-state index contributed by atoms with van der Waals surface area (Å²) in [4.78, 5) is 28.5. The van der Waals surface area contributed by atoms with E-state index in [1.807, 2.05) is 6.92 Å². The van der Waals surface area contributed by atoms with Gasteiger partial charge in [-0.05, 0) is 6.42 Å². The van der Waals surface area contributed by atoms with Crippen molar-refractivity contribution in [2.75, 3.05) is 5.32 Å². The average molecular weight is 351 g/mol. The van der Waals surface area contributed by atoms with Crippen LogP contribution in [0.15, 0.2) is 29.6 Å². The Morgan fingerprint density at radius 2 is 1.88 bits per heavy atom. The first-order chi connectivity index (χ1) is 11.9. The first kappa shape index (κ1) is 16.7. The molecule has 2 heterocycles. The van der Waals surface area contributed by atoms with Crippen LogP contribution in [0.3, 0.4) is 0 Å².